The zero-order valence-electron chi connectivity index (χ0n) is 10.4. The number of hydrogen-bond acceptors (Lipinski definition) is 0. The van der Waals surface area contributed by atoms with Gasteiger partial charge in [0.2, 0.25) is 0 Å². The summed E-state index contributed by atoms with van der Waals surface area (Å²) >= 11 is 0. The first-order valence-corrected chi connectivity index (χ1v) is 6.74. The summed E-state index contributed by atoms with van der Waals surface area (Å²) in [5.41, 5.74) is 0. The van der Waals surface area contributed by atoms with Gasteiger partial charge in [0, 0.05) is 0 Å². The lowest BCUT2D eigenvalue weighted by Gasteiger charge is -2.31. The predicted molar refractivity (Wildman–Crippen MR) is 64.4 cm³/mol. The standard InChI is InChI=1S/C14H28/c1-4-8-14(11-12(2)3)13-9-6-5-7-10-13/h12-14H,4-11H2,1-3H3. The average Bonchev–Trinajstić information content (AvgIpc) is 2.18. The summed E-state index contributed by atoms with van der Waals surface area (Å²) < 4.78 is 0. The molecular weight excluding hydrogens is 168 g/mol. The van der Waals surface area contributed by atoms with Crippen LogP contribution < -0.4 is 0 Å². The third-order valence-electron chi connectivity index (χ3n) is 3.75. The maximum Gasteiger partial charge on any atom is -0.0384 e. The van der Waals surface area contributed by atoms with Gasteiger partial charge >= 0.3 is 0 Å². The van der Waals surface area contributed by atoms with Crippen LogP contribution in [0.3, 0.4) is 0 Å². The molecule has 0 aromatic carbocycles. The Balaban J connectivity index is 2.38. The second-order valence-corrected chi connectivity index (χ2v) is 5.58. The average molecular weight is 196 g/mol. The highest BCUT2D eigenvalue weighted by Gasteiger charge is 2.23. The van der Waals surface area contributed by atoms with Crippen LogP contribution in [0, 0.1) is 17.8 Å². The highest BCUT2D eigenvalue weighted by molar-refractivity contribution is 4.74. The SMILES string of the molecule is CCCC(CC(C)C)C1CCCCC1. The predicted octanol–water partition coefficient (Wildman–Crippen LogP) is 5.03. The van der Waals surface area contributed by atoms with Gasteiger partial charge in [0.15, 0.2) is 0 Å². The first kappa shape index (κ1) is 12.1. The van der Waals surface area contributed by atoms with E-state index in [0.717, 1.165) is 17.8 Å². The lowest BCUT2D eigenvalue weighted by Crippen LogP contribution is -2.19. The second-order valence-electron chi connectivity index (χ2n) is 5.58. The molecule has 0 bridgehead atoms. The Hall–Kier alpha value is 0. The Labute approximate surface area is 90.5 Å². The lowest BCUT2D eigenvalue weighted by atomic mass is 9.75. The first-order chi connectivity index (χ1) is 6.74. The molecule has 0 amide bonds. The molecule has 0 aliphatic heterocycles. The van der Waals surface area contributed by atoms with Crippen molar-refractivity contribution in [2.45, 2.75) is 72.1 Å². The molecule has 1 saturated carbocycles. The molecule has 0 saturated heterocycles. The van der Waals surface area contributed by atoms with E-state index in [1.807, 2.05) is 0 Å². The van der Waals surface area contributed by atoms with E-state index < -0.39 is 0 Å². The van der Waals surface area contributed by atoms with E-state index in [-0.39, 0.29) is 0 Å². The summed E-state index contributed by atoms with van der Waals surface area (Å²) in [7, 11) is 0. The molecule has 0 aromatic rings. The maximum atomic E-state index is 2.38. The molecule has 0 spiro atoms. The van der Waals surface area contributed by atoms with Crippen LogP contribution in [0.4, 0.5) is 0 Å². The van der Waals surface area contributed by atoms with E-state index in [4.69, 9.17) is 0 Å². The van der Waals surface area contributed by atoms with Crippen LogP contribution in [-0.4, -0.2) is 0 Å². The van der Waals surface area contributed by atoms with Crippen molar-refractivity contribution in [3.05, 3.63) is 0 Å². The smallest absolute Gasteiger partial charge is 0.0384 e. The van der Waals surface area contributed by atoms with Gasteiger partial charge in [-0.1, -0.05) is 65.7 Å². The topological polar surface area (TPSA) is 0 Å². The molecule has 0 heterocycles. The molecule has 1 unspecified atom stereocenters. The molecule has 1 fully saturated rings. The Morgan fingerprint density at radius 1 is 1.07 bits per heavy atom. The van der Waals surface area contributed by atoms with Gasteiger partial charge in [-0.25, -0.2) is 0 Å². The highest BCUT2D eigenvalue weighted by atomic mass is 14.3. The molecule has 0 nitrogen and oxygen atoms in total. The van der Waals surface area contributed by atoms with Crippen molar-refractivity contribution < 1.29 is 0 Å². The summed E-state index contributed by atoms with van der Waals surface area (Å²) in [6.45, 7) is 7.10. The molecule has 14 heavy (non-hydrogen) atoms. The van der Waals surface area contributed by atoms with Gasteiger partial charge in [0.25, 0.3) is 0 Å². The largest absolute Gasteiger partial charge is 0.0654 e. The monoisotopic (exact) mass is 196 g/mol. The summed E-state index contributed by atoms with van der Waals surface area (Å²) in [6, 6.07) is 0. The van der Waals surface area contributed by atoms with Gasteiger partial charge in [0.05, 0.1) is 0 Å². The van der Waals surface area contributed by atoms with E-state index in [1.54, 1.807) is 0 Å². The van der Waals surface area contributed by atoms with Crippen molar-refractivity contribution >= 4 is 0 Å². The van der Waals surface area contributed by atoms with Crippen molar-refractivity contribution in [3.63, 3.8) is 0 Å². The molecular formula is C14H28. The lowest BCUT2D eigenvalue weighted by molar-refractivity contribution is 0.205. The minimum Gasteiger partial charge on any atom is -0.0654 e. The van der Waals surface area contributed by atoms with E-state index in [9.17, 15) is 0 Å². The molecule has 0 N–H and O–H groups in total. The van der Waals surface area contributed by atoms with Crippen LogP contribution in [0.2, 0.25) is 0 Å². The Kier molecular flexibility index (Phi) is 5.59. The summed E-state index contributed by atoms with van der Waals surface area (Å²) in [4.78, 5) is 0. The van der Waals surface area contributed by atoms with Crippen LogP contribution in [-0.2, 0) is 0 Å². The van der Waals surface area contributed by atoms with Gasteiger partial charge in [-0.05, 0) is 24.2 Å². The number of hydrogen-bond donors (Lipinski definition) is 0. The molecule has 1 aliphatic carbocycles. The fourth-order valence-corrected chi connectivity index (χ4v) is 3.13. The summed E-state index contributed by atoms with van der Waals surface area (Å²) in [5, 5.41) is 0. The molecule has 1 rings (SSSR count). The van der Waals surface area contributed by atoms with E-state index in [1.165, 1.54) is 51.4 Å². The van der Waals surface area contributed by atoms with Gasteiger partial charge < -0.3 is 0 Å². The van der Waals surface area contributed by atoms with Gasteiger partial charge in [-0.15, -0.1) is 0 Å². The van der Waals surface area contributed by atoms with Crippen LogP contribution in [0.5, 0.6) is 0 Å². The quantitative estimate of drug-likeness (QED) is 0.578. The summed E-state index contributed by atoms with van der Waals surface area (Å²) in [6.07, 6.45) is 11.9. The first-order valence-electron chi connectivity index (χ1n) is 6.74. The zero-order valence-corrected chi connectivity index (χ0v) is 10.4. The third-order valence-corrected chi connectivity index (χ3v) is 3.75. The Morgan fingerprint density at radius 3 is 2.21 bits per heavy atom. The fraction of sp³-hybridized carbons (Fsp3) is 1.00. The third kappa shape index (κ3) is 4.02. The minimum atomic E-state index is 0.897. The minimum absolute atomic E-state index is 0.897. The van der Waals surface area contributed by atoms with Crippen LogP contribution in [0.15, 0.2) is 0 Å². The normalized spacial score (nSPS) is 21.4. The molecule has 84 valence electrons. The number of rotatable bonds is 5. The Morgan fingerprint density at radius 2 is 1.71 bits per heavy atom. The van der Waals surface area contributed by atoms with Crippen LogP contribution in [0.1, 0.15) is 72.1 Å². The van der Waals surface area contributed by atoms with Gasteiger partial charge in [-0.2, -0.15) is 0 Å². The molecule has 1 aliphatic rings. The van der Waals surface area contributed by atoms with Crippen molar-refractivity contribution in [3.8, 4) is 0 Å². The van der Waals surface area contributed by atoms with Gasteiger partial charge in [0.1, 0.15) is 0 Å². The molecule has 0 heteroatoms. The van der Waals surface area contributed by atoms with E-state index >= 15 is 0 Å². The van der Waals surface area contributed by atoms with Gasteiger partial charge in [-0.3, -0.25) is 0 Å². The van der Waals surface area contributed by atoms with E-state index in [2.05, 4.69) is 20.8 Å². The highest BCUT2D eigenvalue weighted by Crippen LogP contribution is 2.35. The molecule has 0 aromatic heterocycles. The van der Waals surface area contributed by atoms with Crippen molar-refractivity contribution in [2.24, 2.45) is 17.8 Å². The van der Waals surface area contributed by atoms with Crippen LogP contribution in [0.25, 0.3) is 0 Å². The molecule has 0 radical (unpaired) electrons. The zero-order chi connectivity index (χ0) is 10.4. The molecule has 1 atom stereocenters. The van der Waals surface area contributed by atoms with Crippen molar-refractivity contribution in [2.75, 3.05) is 0 Å². The van der Waals surface area contributed by atoms with Crippen LogP contribution >= 0.6 is 0 Å². The Bertz CT molecular complexity index is 131. The van der Waals surface area contributed by atoms with Crippen molar-refractivity contribution in [1.82, 2.24) is 0 Å². The van der Waals surface area contributed by atoms with Crippen molar-refractivity contribution in [1.29, 1.82) is 0 Å². The summed E-state index contributed by atoms with van der Waals surface area (Å²) in [5.74, 6) is 3.01. The van der Waals surface area contributed by atoms with E-state index in [0.29, 0.717) is 0 Å². The maximum absolute atomic E-state index is 2.38. The fourth-order valence-electron chi connectivity index (χ4n) is 3.13. The second kappa shape index (κ2) is 6.48.